The molecule has 1 saturated carbocycles. The molecule has 0 aliphatic heterocycles. The molecule has 0 aromatic carbocycles. The molecule has 0 bridgehead atoms. The average Bonchev–Trinajstić information content (AvgIpc) is 2.26. The van der Waals surface area contributed by atoms with Crippen molar-refractivity contribution in [3.05, 3.63) is 11.6 Å². The van der Waals surface area contributed by atoms with Crippen LogP contribution >= 0.6 is 0 Å². The summed E-state index contributed by atoms with van der Waals surface area (Å²) in [6.45, 7) is 12.9. The van der Waals surface area contributed by atoms with Crippen LogP contribution in [0.4, 0.5) is 0 Å². The summed E-state index contributed by atoms with van der Waals surface area (Å²) in [5.41, 5.74) is 0.409. The third-order valence-corrected chi connectivity index (χ3v) is 5.28. The van der Waals surface area contributed by atoms with Gasteiger partial charge in [-0.2, -0.15) is 0 Å². The van der Waals surface area contributed by atoms with E-state index >= 15 is 0 Å². The van der Waals surface area contributed by atoms with Crippen molar-refractivity contribution in [2.45, 2.75) is 72.1 Å². The van der Waals surface area contributed by atoms with Gasteiger partial charge in [0.2, 0.25) is 0 Å². The summed E-state index contributed by atoms with van der Waals surface area (Å²) >= 11 is 0. The van der Waals surface area contributed by atoms with E-state index in [4.69, 9.17) is 9.53 Å². The number of carboxylic acids is 1. The number of hydrogen-bond donors (Lipinski definition) is 1. The van der Waals surface area contributed by atoms with Gasteiger partial charge in [-0.1, -0.05) is 20.8 Å². The Balaban J connectivity index is 2.89. The highest BCUT2D eigenvalue weighted by atomic mass is 28.3. The lowest BCUT2D eigenvalue weighted by Crippen LogP contribution is -2.41. The van der Waals surface area contributed by atoms with Crippen LogP contribution in [0.3, 0.4) is 0 Å². The summed E-state index contributed by atoms with van der Waals surface area (Å²) in [5.74, 6) is -0.136. The van der Waals surface area contributed by atoms with Gasteiger partial charge in [0.15, 0.2) is 9.04 Å². The lowest BCUT2D eigenvalue weighted by atomic mass is 9.68. The monoisotopic (exact) mass is 298 g/mol. The highest BCUT2D eigenvalue weighted by molar-refractivity contribution is 6.48. The second-order valence-electron chi connectivity index (χ2n) is 7.50. The molecule has 20 heavy (non-hydrogen) atoms. The molecule has 0 aromatic heterocycles. The van der Waals surface area contributed by atoms with Crippen molar-refractivity contribution in [2.24, 2.45) is 11.3 Å². The standard InChI is InChI=1S/C16H30O3Si/c1-12(14(17)18)11-16(19-20(5)6)9-7-13(8-10-16)15(2,3)4/h11,13,20H,7-10H2,1-6H3,(H,17,18)/b12-11+. The Labute approximate surface area is 125 Å². The Kier molecular flexibility index (Phi) is 5.61. The fraction of sp³-hybridized carbons (Fsp3) is 0.812. The zero-order valence-electron chi connectivity index (χ0n) is 13.8. The van der Waals surface area contributed by atoms with E-state index in [-0.39, 0.29) is 5.60 Å². The minimum absolute atomic E-state index is 0.326. The topological polar surface area (TPSA) is 46.5 Å². The number of aliphatic carboxylic acids is 1. The van der Waals surface area contributed by atoms with Crippen molar-refractivity contribution in [1.82, 2.24) is 0 Å². The van der Waals surface area contributed by atoms with E-state index in [1.165, 1.54) is 0 Å². The van der Waals surface area contributed by atoms with E-state index in [1.54, 1.807) is 6.92 Å². The summed E-state index contributed by atoms with van der Waals surface area (Å²) in [7, 11) is -1.20. The fourth-order valence-electron chi connectivity index (χ4n) is 3.19. The Hall–Kier alpha value is -0.613. The van der Waals surface area contributed by atoms with Crippen LogP contribution in [0.2, 0.25) is 13.1 Å². The lowest BCUT2D eigenvalue weighted by Gasteiger charge is -2.44. The van der Waals surface area contributed by atoms with Gasteiger partial charge in [-0.05, 0) is 63.1 Å². The van der Waals surface area contributed by atoms with Crippen LogP contribution in [-0.4, -0.2) is 25.7 Å². The summed E-state index contributed by atoms with van der Waals surface area (Å²) in [6, 6.07) is 0. The second-order valence-corrected chi connectivity index (χ2v) is 9.84. The van der Waals surface area contributed by atoms with Crippen LogP contribution < -0.4 is 0 Å². The first kappa shape index (κ1) is 17.4. The summed E-state index contributed by atoms with van der Waals surface area (Å²) in [6.07, 6.45) is 6.01. The number of hydrogen-bond acceptors (Lipinski definition) is 2. The predicted molar refractivity (Wildman–Crippen MR) is 85.5 cm³/mol. The molecule has 4 heteroatoms. The first-order valence-electron chi connectivity index (χ1n) is 7.66. The first-order chi connectivity index (χ1) is 9.06. The maximum absolute atomic E-state index is 11.1. The van der Waals surface area contributed by atoms with Crippen LogP contribution in [0.5, 0.6) is 0 Å². The molecule has 0 aromatic rings. The van der Waals surface area contributed by atoms with Crippen molar-refractivity contribution in [3.8, 4) is 0 Å². The molecule has 1 aliphatic rings. The largest absolute Gasteiger partial charge is 0.478 e. The third kappa shape index (κ3) is 4.74. The van der Waals surface area contributed by atoms with E-state index in [9.17, 15) is 4.79 Å². The molecule has 1 aliphatic carbocycles. The average molecular weight is 298 g/mol. The quantitative estimate of drug-likeness (QED) is 0.630. The van der Waals surface area contributed by atoms with Crippen LogP contribution in [0.25, 0.3) is 0 Å². The maximum atomic E-state index is 11.1. The van der Waals surface area contributed by atoms with Gasteiger partial charge < -0.3 is 9.53 Å². The predicted octanol–water partition coefficient (Wildman–Crippen LogP) is 3.99. The number of carbonyl (C=O) groups is 1. The van der Waals surface area contributed by atoms with Crippen LogP contribution in [0.1, 0.15) is 53.4 Å². The lowest BCUT2D eigenvalue weighted by molar-refractivity contribution is -0.132. The van der Waals surface area contributed by atoms with E-state index in [1.807, 2.05) is 6.08 Å². The molecule has 3 nitrogen and oxygen atoms in total. The Bertz CT molecular complexity index is 372. The fourth-order valence-corrected chi connectivity index (χ4v) is 4.44. The van der Waals surface area contributed by atoms with Crippen molar-refractivity contribution in [2.75, 3.05) is 0 Å². The molecule has 0 heterocycles. The molecule has 1 fully saturated rings. The Morgan fingerprint density at radius 2 is 1.80 bits per heavy atom. The number of carboxylic acid groups (broad SMARTS) is 1. The Morgan fingerprint density at radius 1 is 1.30 bits per heavy atom. The van der Waals surface area contributed by atoms with E-state index < -0.39 is 15.0 Å². The molecule has 116 valence electrons. The zero-order valence-corrected chi connectivity index (χ0v) is 15.0. The van der Waals surface area contributed by atoms with Crippen LogP contribution in [-0.2, 0) is 9.22 Å². The summed E-state index contributed by atoms with van der Waals surface area (Å²) in [4.78, 5) is 11.1. The molecule has 0 unspecified atom stereocenters. The summed E-state index contributed by atoms with van der Waals surface area (Å²) < 4.78 is 6.26. The van der Waals surface area contributed by atoms with Gasteiger partial charge >= 0.3 is 5.97 Å². The smallest absolute Gasteiger partial charge is 0.331 e. The van der Waals surface area contributed by atoms with Crippen molar-refractivity contribution in [1.29, 1.82) is 0 Å². The summed E-state index contributed by atoms with van der Waals surface area (Å²) in [5, 5.41) is 9.13. The highest BCUT2D eigenvalue weighted by Crippen LogP contribution is 2.44. The molecular formula is C16H30O3Si. The van der Waals surface area contributed by atoms with Gasteiger partial charge in [0.05, 0.1) is 5.60 Å². The maximum Gasteiger partial charge on any atom is 0.331 e. The van der Waals surface area contributed by atoms with E-state index in [0.29, 0.717) is 16.9 Å². The third-order valence-electron chi connectivity index (χ3n) is 4.34. The molecule has 0 amide bonds. The highest BCUT2D eigenvalue weighted by Gasteiger charge is 2.38. The zero-order chi connectivity index (χ0) is 15.6. The second kappa shape index (κ2) is 6.44. The van der Waals surface area contributed by atoms with Gasteiger partial charge in [-0.3, -0.25) is 0 Å². The minimum Gasteiger partial charge on any atom is -0.478 e. The molecule has 0 saturated heterocycles. The first-order valence-corrected chi connectivity index (χ1v) is 10.4. The van der Waals surface area contributed by atoms with E-state index in [2.05, 4.69) is 33.9 Å². The van der Waals surface area contributed by atoms with Crippen molar-refractivity contribution in [3.63, 3.8) is 0 Å². The SMILES string of the molecule is C/C(=C\C1(O[SiH](C)C)CCC(C(C)(C)C)CC1)C(=O)O. The van der Waals surface area contributed by atoms with Gasteiger partial charge in [-0.15, -0.1) is 0 Å². The van der Waals surface area contributed by atoms with Gasteiger partial charge in [0.25, 0.3) is 0 Å². The van der Waals surface area contributed by atoms with Gasteiger partial charge in [0, 0.05) is 5.57 Å². The minimum atomic E-state index is -1.20. The number of rotatable bonds is 4. The molecule has 1 N–H and O–H groups in total. The normalized spacial score (nSPS) is 28.8. The molecule has 1 rings (SSSR count). The van der Waals surface area contributed by atoms with Gasteiger partial charge in [0.1, 0.15) is 0 Å². The van der Waals surface area contributed by atoms with Crippen LogP contribution in [0.15, 0.2) is 11.6 Å². The van der Waals surface area contributed by atoms with Crippen molar-refractivity contribution >= 4 is 15.0 Å². The molecule has 0 atom stereocenters. The van der Waals surface area contributed by atoms with Crippen LogP contribution in [0, 0.1) is 11.3 Å². The molecule has 0 spiro atoms. The van der Waals surface area contributed by atoms with E-state index in [0.717, 1.165) is 25.7 Å². The van der Waals surface area contributed by atoms with Gasteiger partial charge in [-0.25, -0.2) is 4.79 Å². The molecule has 0 radical (unpaired) electrons. The van der Waals surface area contributed by atoms with Crippen molar-refractivity contribution < 1.29 is 14.3 Å². The molecular weight excluding hydrogens is 268 g/mol. The Morgan fingerprint density at radius 3 is 2.15 bits per heavy atom.